The number of halogens is 4. The molecule has 0 spiro atoms. The quantitative estimate of drug-likeness (QED) is 0.175. The number of Topliss-reactive ketones (excluding diaryl/α,β-unsaturated/α-hetero) is 1. The van der Waals surface area contributed by atoms with Gasteiger partial charge in [-0.15, -0.1) is 0 Å². The van der Waals surface area contributed by atoms with Crippen molar-refractivity contribution in [3.05, 3.63) is 67.1 Å². The molecule has 2 amide bonds. The van der Waals surface area contributed by atoms with E-state index >= 15 is 0 Å². The van der Waals surface area contributed by atoms with Crippen LogP contribution in [0.25, 0.3) is 0 Å². The number of ether oxygens (including phenoxy) is 1. The lowest BCUT2D eigenvalue weighted by Crippen LogP contribution is -2.49. The van der Waals surface area contributed by atoms with Gasteiger partial charge in [-0.25, -0.2) is 4.79 Å². The van der Waals surface area contributed by atoms with Crippen LogP contribution in [0.3, 0.4) is 0 Å². The van der Waals surface area contributed by atoms with E-state index in [0.29, 0.717) is 5.56 Å². The van der Waals surface area contributed by atoms with Gasteiger partial charge in [0.05, 0.1) is 31.2 Å². The van der Waals surface area contributed by atoms with Crippen LogP contribution in [0.15, 0.2) is 30.3 Å². The molecule has 2 aromatic carbocycles. The minimum Gasteiger partial charge on any atom is -0.456 e. The van der Waals surface area contributed by atoms with Crippen LogP contribution in [0.1, 0.15) is 44.9 Å². The highest BCUT2D eigenvalue weighted by Gasteiger charge is 2.48. The first-order valence-electron chi connectivity index (χ1n) is 9.06. The van der Waals surface area contributed by atoms with Crippen LogP contribution < -0.4 is 0 Å². The Bertz CT molecular complexity index is 1050. The second-order valence-electron chi connectivity index (χ2n) is 7.07. The number of carbonyl (C=O) groups is 4. The molecule has 6 nitrogen and oxygen atoms in total. The van der Waals surface area contributed by atoms with Crippen LogP contribution in [-0.4, -0.2) is 41.1 Å². The zero-order chi connectivity index (χ0) is 23.0. The molecular formula is C21H15Cl4NO5. The lowest BCUT2D eigenvalue weighted by Gasteiger charge is -2.27. The molecule has 31 heavy (non-hydrogen) atoms. The van der Waals surface area contributed by atoms with Crippen LogP contribution in [0.5, 0.6) is 0 Å². The Morgan fingerprint density at radius 1 is 0.871 bits per heavy atom. The lowest BCUT2D eigenvalue weighted by atomic mass is 10.0. The van der Waals surface area contributed by atoms with Crippen molar-refractivity contribution in [2.24, 2.45) is 5.92 Å². The Kier molecular flexibility index (Phi) is 6.96. The summed E-state index contributed by atoms with van der Waals surface area (Å²) in [6, 6.07) is 6.94. The molecule has 1 heterocycles. The van der Waals surface area contributed by atoms with E-state index in [2.05, 4.69) is 0 Å². The summed E-state index contributed by atoms with van der Waals surface area (Å²) >= 11 is 24.3. The molecule has 2 aromatic rings. The van der Waals surface area contributed by atoms with Crippen LogP contribution in [0.2, 0.25) is 20.1 Å². The van der Waals surface area contributed by atoms with Crippen molar-refractivity contribution in [2.75, 3.05) is 6.61 Å². The molecule has 0 N–H and O–H groups in total. The first-order chi connectivity index (χ1) is 14.6. The van der Waals surface area contributed by atoms with Crippen molar-refractivity contribution < 1.29 is 23.9 Å². The van der Waals surface area contributed by atoms with Crippen LogP contribution >= 0.6 is 46.4 Å². The second-order valence-corrected chi connectivity index (χ2v) is 8.58. The number of imide groups is 1. The minimum atomic E-state index is -1.32. The summed E-state index contributed by atoms with van der Waals surface area (Å²) in [6.45, 7) is 2.70. The standard InChI is InChI=1S/C21H15Cl4NO5/c1-9(2)18(21(30)31-8-11(27)10-6-4-3-5-7-10)26-19(28)12-13(20(26)29)15(23)17(25)16(24)14(12)22/h3-7,9,18H,8H2,1-2H3/t18-/m1/s1. The molecule has 162 valence electrons. The monoisotopic (exact) mass is 501 g/mol. The Balaban J connectivity index is 1.89. The molecule has 1 aliphatic rings. The van der Waals surface area contributed by atoms with E-state index in [0.717, 1.165) is 4.90 Å². The van der Waals surface area contributed by atoms with Gasteiger partial charge in [0, 0.05) is 5.56 Å². The van der Waals surface area contributed by atoms with Crippen molar-refractivity contribution in [3.8, 4) is 0 Å². The normalized spacial score (nSPS) is 14.1. The largest absolute Gasteiger partial charge is 0.456 e. The summed E-state index contributed by atoms with van der Waals surface area (Å²) < 4.78 is 5.14. The maximum Gasteiger partial charge on any atom is 0.330 e. The van der Waals surface area contributed by atoms with Crippen LogP contribution in [0.4, 0.5) is 0 Å². The first kappa shape index (κ1) is 23.5. The van der Waals surface area contributed by atoms with Crippen LogP contribution in [0, 0.1) is 5.92 Å². The Morgan fingerprint density at radius 3 is 1.81 bits per heavy atom. The first-order valence-corrected chi connectivity index (χ1v) is 10.6. The topological polar surface area (TPSA) is 80.8 Å². The van der Waals surface area contributed by atoms with E-state index in [-0.39, 0.29) is 31.2 Å². The third-order valence-corrected chi connectivity index (χ3v) is 6.53. The Morgan fingerprint density at radius 2 is 1.35 bits per heavy atom. The molecule has 0 bridgehead atoms. The summed E-state index contributed by atoms with van der Waals surface area (Å²) in [7, 11) is 0. The van der Waals surface area contributed by atoms with Crippen molar-refractivity contribution >= 4 is 70.0 Å². The van der Waals surface area contributed by atoms with Gasteiger partial charge in [-0.2, -0.15) is 0 Å². The van der Waals surface area contributed by atoms with Gasteiger partial charge in [-0.05, 0) is 5.92 Å². The number of fused-ring (bicyclic) bond motifs is 1. The summed E-state index contributed by atoms with van der Waals surface area (Å²) in [6.07, 6.45) is 0. The van der Waals surface area contributed by atoms with Gasteiger partial charge in [-0.1, -0.05) is 90.6 Å². The van der Waals surface area contributed by atoms with Crippen molar-refractivity contribution in [1.82, 2.24) is 4.90 Å². The summed E-state index contributed by atoms with van der Waals surface area (Å²) in [4.78, 5) is 51.9. The zero-order valence-corrected chi connectivity index (χ0v) is 19.3. The van der Waals surface area contributed by atoms with Crippen LogP contribution in [-0.2, 0) is 9.53 Å². The fourth-order valence-electron chi connectivity index (χ4n) is 3.22. The number of carbonyl (C=O) groups excluding carboxylic acids is 4. The van der Waals surface area contributed by atoms with E-state index in [4.69, 9.17) is 51.1 Å². The SMILES string of the molecule is CC(C)[C@H](C(=O)OCC(=O)c1ccccc1)N1C(=O)c2c(Cl)c(Cl)c(Cl)c(Cl)c2C1=O. The zero-order valence-electron chi connectivity index (χ0n) is 16.2. The van der Waals surface area contributed by atoms with E-state index in [1.54, 1.807) is 44.2 Å². The molecule has 0 radical (unpaired) electrons. The highest BCUT2D eigenvalue weighted by atomic mass is 35.5. The molecule has 1 aliphatic heterocycles. The lowest BCUT2D eigenvalue weighted by molar-refractivity contribution is -0.148. The Hall–Kier alpha value is -2.12. The number of amides is 2. The number of benzene rings is 2. The molecule has 1 atom stereocenters. The fourth-order valence-corrected chi connectivity index (χ4v) is 4.24. The van der Waals surface area contributed by atoms with Gasteiger partial charge in [0.1, 0.15) is 6.04 Å². The van der Waals surface area contributed by atoms with Gasteiger partial charge in [-0.3, -0.25) is 19.3 Å². The number of hydrogen-bond donors (Lipinski definition) is 0. The molecule has 3 rings (SSSR count). The number of ketones is 1. The predicted molar refractivity (Wildman–Crippen MR) is 117 cm³/mol. The fraction of sp³-hybridized carbons (Fsp3) is 0.238. The van der Waals surface area contributed by atoms with Gasteiger partial charge >= 0.3 is 5.97 Å². The summed E-state index contributed by atoms with van der Waals surface area (Å²) in [5.74, 6) is -3.59. The van der Waals surface area contributed by atoms with Crippen molar-refractivity contribution in [2.45, 2.75) is 19.9 Å². The van der Waals surface area contributed by atoms with E-state index < -0.39 is 42.1 Å². The molecule has 10 heteroatoms. The summed E-state index contributed by atoms with van der Waals surface area (Å²) in [5, 5.41) is -0.816. The highest BCUT2D eigenvalue weighted by Crippen LogP contribution is 2.45. The smallest absolute Gasteiger partial charge is 0.330 e. The molecular weight excluding hydrogens is 488 g/mol. The average Bonchev–Trinajstić information content (AvgIpc) is 3.00. The van der Waals surface area contributed by atoms with Gasteiger partial charge in [0.2, 0.25) is 0 Å². The molecule has 0 aromatic heterocycles. The average molecular weight is 503 g/mol. The molecule has 0 saturated carbocycles. The van der Waals surface area contributed by atoms with Crippen molar-refractivity contribution in [3.63, 3.8) is 0 Å². The maximum absolute atomic E-state index is 13.0. The third-order valence-electron chi connectivity index (χ3n) is 4.72. The summed E-state index contributed by atoms with van der Waals surface area (Å²) in [5.41, 5.74) is -0.102. The van der Waals surface area contributed by atoms with E-state index in [1.807, 2.05) is 0 Å². The number of esters is 1. The van der Waals surface area contributed by atoms with E-state index in [9.17, 15) is 19.2 Å². The third kappa shape index (κ3) is 4.17. The van der Waals surface area contributed by atoms with Gasteiger partial charge < -0.3 is 4.74 Å². The number of hydrogen-bond acceptors (Lipinski definition) is 5. The van der Waals surface area contributed by atoms with Gasteiger partial charge in [0.15, 0.2) is 12.4 Å². The second kappa shape index (κ2) is 9.17. The minimum absolute atomic E-state index is 0.174. The molecule has 0 fully saturated rings. The van der Waals surface area contributed by atoms with Crippen molar-refractivity contribution in [1.29, 1.82) is 0 Å². The molecule has 0 aliphatic carbocycles. The van der Waals surface area contributed by atoms with Gasteiger partial charge in [0.25, 0.3) is 11.8 Å². The Labute approximate surface area is 197 Å². The molecule has 0 saturated heterocycles. The predicted octanol–water partition coefficient (Wildman–Crippen LogP) is 5.35. The maximum atomic E-state index is 13.0. The number of rotatable bonds is 6. The number of nitrogens with zero attached hydrogens (tertiary/aromatic N) is 1. The molecule has 0 unspecified atom stereocenters. The highest BCUT2D eigenvalue weighted by molar-refractivity contribution is 6.55. The van der Waals surface area contributed by atoms with E-state index in [1.165, 1.54) is 0 Å².